The van der Waals surface area contributed by atoms with E-state index in [-0.39, 0.29) is 17.1 Å². The number of carbonyl (C=O) groups is 2. The van der Waals surface area contributed by atoms with Crippen molar-refractivity contribution in [2.45, 2.75) is 25.0 Å². The molecule has 0 aromatic heterocycles. The summed E-state index contributed by atoms with van der Waals surface area (Å²) in [6.07, 6.45) is 1.86. The molecule has 0 fully saturated rings. The standard InChI is InChI=1S/C14H15NO2S3/c1-2-5-9(20-14(18)19)8-15-12(16)10-6-3-4-7-11(10)13(15)17/h3-4,6-7,9H,2,5,8H2,1H3,(H,18,19). The Balaban J connectivity index is 2.16. The van der Waals surface area contributed by atoms with Gasteiger partial charge in [0.25, 0.3) is 11.8 Å². The van der Waals surface area contributed by atoms with Gasteiger partial charge in [0.05, 0.1) is 11.1 Å². The lowest BCUT2D eigenvalue weighted by Crippen LogP contribution is -2.36. The molecule has 1 heterocycles. The molecule has 0 N–H and O–H groups in total. The van der Waals surface area contributed by atoms with Crippen LogP contribution in [0.15, 0.2) is 24.3 Å². The van der Waals surface area contributed by atoms with E-state index in [1.807, 2.05) is 0 Å². The van der Waals surface area contributed by atoms with E-state index in [0.29, 0.717) is 21.2 Å². The van der Waals surface area contributed by atoms with Crippen molar-refractivity contribution >= 4 is 52.0 Å². The van der Waals surface area contributed by atoms with Crippen LogP contribution >= 0.6 is 36.6 Å². The molecule has 1 aromatic rings. The topological polar surface area (TPSA) is 37.4 Å². The van der Waals surface area contributed by atoms with Gasteiger partial charge in [0.2, 0.25) is 0 Å². The molecule has 0 bridgehead atoms. The molecule has 20 heavy (non-hydrogen) atoms. The maximum absolute atomic E-state index is 12.3. The van der Waals surface area contributed by atoms with Gasteiger partial charge >= 0.3 is 0 Å². The predicted octanol–water partition coefficient (Wildman–Crippen LogP) is 3.40. The summed E-state index contributed by atoms with van der Waals surface area (Å²) in [5, 5.41) is 0.104. The third-order valence-corrected chi connectivity index (χ3v) is 4.67. The van der Waals surface area contributed by atoms with Crippen LogP contribution in [-0.4, -0.2) is 32.0 Å². The molecule has 2 rings (SSSR count). The average molecular weight is 325 g/mol. The summed E-state index contributed by atoms with van der Waals surface area (Å²) in [7, 11) is 0. The summed E-state index contributed by atoms with van der Waals surface area (Å²) >= 11 is 10.6. The van der Waals surface area contributed by atoms with Gasteiger partial charge in [-0.2, -0.15) is 0 Å². The van der Waals surface area contributed by atoms with Gasteiger partial charge in [-0.05, 0) is 18.6 Å². The molecule has 2 amide bonds. The number of carbonyl (C=O) groups excluding carboxylic acids is 2. The van der Waals surface area contributed by atoms with Gasteiger partial charge in [0.15, 0.2) is 0 Å². The first-order valence-electron chi connectivity index (χ1n) is 6.39. The number of thioether (sulfide) groups is 1. The molecule has 1 aliphatic heterocycles. The van der Waals surface area contributed by atoms with E-state index in [4.69, 9.17) is 12.2 Å². The first kappa shape index (κ1) is 15.5. The van der Waals surface area contributed by atoms with Crippen LogP contribution in [0.3, 0.4) is 0 Å². The fourth-order valence-electron chi connectivity index (χ4n) is 2.26. The van der Waals surface area contributed by atoms with Gasteiger partial charge in [-0.15, -0.1) is 24.4 Å². The van der Waals surface area contributed by atoms with Crippen molar-refractivity contribution in [2.24, 2.45) is 0 Å². The second-order valence-corrected chi connectivity index (χ2v) is 7.59. The van der Waals surface area contributed by atoms with Crippen LogP contribution in [0.4, 0.5) is 0 Å². The minimum Gasteiger partial charge on any atom is -0.273 e. The number of nitrogens with zero attached hydrogens (tertiary/aromatic N) is 1. The summed E-state index contributed by atoms with van der Waals surface area (Å²) in [6.45, 7) is 2.45. The Labute approximate surface area is 133 Å². The Bertz CT molecular complexity index is 524. The van der Waals surface area contributed by atoms with E-state index in [1.54, 1.807) is 24.3 Å². The second-order valence-electron chi connectivity index (χ2n) is 4.56. The fraction of sp³-hybridized carbons (Fsp3) is 0.357. The summed E-state index contributed by atoms with van der Waals surface area (Å²) in [5.74, 6) is -0.422. The Hall–Kier alpha value is -0.850. The van der Waals surface area contributed by atoms with E-state index in [0.717, 1.165) is 12.8 Å². The number of hydrogen-bond acceptors (Lipinski definition) is 4. The maximum Gasteiger partial charge on any atom is 0.261 e. The molecule has 0 saturated heterocycles. The highest BCUT2D eigenvalue weighted by atomic mass is 32.2. The second kappa shape index (κ2) is 6.74. The molecule has 1 aromatic carbocycles. The van der Waals surface area contributed by atoms with Gasteiger partial charge in [-0.3, -0.25) is 14.5 Å². The number of imide groups is 1. The van der Waals surface area contributed by atoms with Gasteiger partial charge in [-0.1, -0.05) is 37.7 Å². The van der Waals surface area contributed by atoms with E-state index < -0.39 is 0 Å². The van der Waals surface area contributed by atoms with Gasteiger partial charge < -0.3 is 0 Å². The summed E-state index contributed by atoms with van der Waals surface area (Å²) < 4.78 is 0.542. The maximum atomic E-state index is 12.3. The molecule has 0 radical (unpaired) electrons. The van der Waals surface area contributed by atoms with Crippen LogP contribution in [0.2, 0.25) is 0 Å². The van der Waals surface area contributed by atoms with Crippen LogP contribution in [0, 0.1) is 0 Å². The van der Waals surface area contributed by atoms with Gasteiger partial charge in [-0.25, -0.2) is 0 Å². The Morgan fingerprint density at radius 3 is 2.30 bits per heavy atom. The predicted molar refractivity (Wildman–Crippen MR) is 89.7 cm³/mol. The lowest BCUT2D eigenvalue weighted by molar-refractivity contribution is 0.0654. The third kappa shape index (κ3) is 3.24. The minimum absolute atomic E-state index is 0.104. The van der Waals surface area contributed by atoms with Crippen LogP contribution in [0.5, 0.6) is 0 Å². The molecule has 6 heteroatoms. The number of benzene rings is 1. The first-order valence-corrected chi connectivity index (χ1v) is 8.13. The van der Waals surface area contributed by atoms with E-state index in [2.05, 4.69) is 19.6 Å². The van der Waals surface area contributed by atoms with Crippen LogP contribution < -0.4 is 0 Å². The molecule has 0 aliphatic carbocycles. The van der Waals surface area contributed by atoms with Crippen molar-refractivity contribution in [2.75, 3.05) is 6.54 Å². The lowest BCUT2D eigenvalue weighted by atomic mass is 10.1. The highest BCUT2D eigenvalue weighted by Crippen LogP contribution is 2.27. The molecular weight excluding hydrogens is 310 g/mol. The van der Waals surface area contributed by atoms with E-state index in [9.17, 15) is 9.59 Å². The molecule has 1 unspecified atom stereocenters. The number of rotatable bonds is 5. The van der Waals surface area contributed by atoms with Crippen LogP contribution in [-0.2, 0) is 0 Å². The number of thiol groups is 1. The number of amides is 2. The summed E-state index contributed by atoms with van der Waals surface area (Å²) in [4.78, 5) is 25.9. The Morgan fingerprint density at radius 1 is 1.30 bits per heavy atom. The van der Waals surface area contributed by atoms with Crippen LogP contribution in [0.1, 0.15) is 40.5 Å². The van der Waals surface area contributed by atoms with E-state index in [1.165, 1.54) is 16.7 Å². The third-order valence-electron chi connectivity index (χ3n) is 3.14. The molecule has 0 spiro atoms. The molecule has 1 atom stereocenters. The van der Waals surface area contributed by atoms with Gasteiger partial charge in [0, 0.05) is 11.8 Å². The molecule has 0 saturated carbocycles. The average Bonchev–Trinajstić information content (AvgIpc) is 2.64. The normalized spacial score (nSPS) is 15.4. The highest BCUT2D eigenvalue weighted by molar-refractivity contribution is 8.41. The zero-order valence-electron chi connectivity index (χ0n) is 11.0. The van der Waals surface area contributed by atoms with Gasteiger partial charge in [0.1, 0.15) is 3.53 Å². The quantitative estimate of drug-likeness (QED) is 0.511. The van der Waals surface area contributed by atoms with Crippen LogP contribution in [0.25, 0.3) is 0 Å². The molecule has 106 valence electrons. The largest absolute Gasteiger partial charge is 0.273 e. The number of hydrogen-bond donors (Lipinski definition) is 1. The zero-order valence-corrected chi connectivity index (χ0v) is 13.6. The monoisotopic (exact) mass is 325 g/mol. The number of fused-ring (bicyclic) bond motifs is 1. The van der Waals surface area contributed by atoms with Crippen molar-refractivity contribution in [1.82, 2.24) is 4.90 Å². The lowest BCUT2D eigenvalue weighted by Gasteiger charge is -2.21. The number of thiocarbonyl (C=S) groups is 1. The van der Waals surface area contributed by atoms with Crippen molar-refractivity contribution in [1.29, 1.82) is 0 Å². The van der Waals surface area contributed by atoms with Crippen molar-refractivity contribution < 1.29 is 9.59 Å². The molecule has 1 aliphatic rings. The summed E-state index contributed by atoms with van der Waals surface area (Å²) in [5.41, 5.74) is 0.984. The van der Waals surface area contributed by atoms with Crippen molar-refractivity contribution in [3.05, 3.63) is 35.4 Å². The molecule has 3 nitrogen and oxygen atoms in total. The Morgan fingerprint density at radius 2 is 1.85 bits per heavy atom. The zero-order chi connectivity index (χ0) is 14.7. The minimum atomic E-state index is -0.211. The first-order chi connectivity index (χ1) is 9.54. The Kier molecular flexibility index (Phi) is 5.23. The van der Waals surface area contributed by atoms with E-state index >= 15 is 0 Å². The summed E-state index contributed by atoms with van der Waals surface area (Å²) in [6, 6.07) is 6.94. The SMILES string of the molecule is CCCC(CN1C(=O)c2ccccc2C1=O)SC(=S)S. The molecular formula is C14H15NO2S3. The fourth-order valence-corrected chi connectivity index (χ4v) is 3.98. The van der Waals surface area contributed by atoms with Crippen molar-refractivity contribution in [3.63, 3.8) is 0 Å². The highest BCUT2D eigenvalue weighted by Gasteiger charge is 2.36. The van der Waals surface area contributed by atoms with Crippen molar-refractivity contribution in [3.8, 4) is 0 Å². The smallest absolute Gasteiger partial charge is 0.261 e.